The van der Waals surface area contributed by atoms with Gasteiger partial charge in [0.2, 0.25) is 0 Å². The zero-order valence-corrected chi connectivity index (χ0v) is 14.2. The van der Waals surface area contributed by atoms with E-state index >= 15 is 0 Å². The van der Waals surface area contributed by atoms with Crippen LogP contribution in [0.25, 0.3) is 0 Å². The number of ether oxygens (including phenoxy) is 3. The van der Waals surface area contributed by atoms with Crippen molar-refractivity contribution in [3.05, 3.63) is 42.0 Å². The van der Waals surface area contributed by atoms with Crippen molar-refractivity contribution in [1.29, 1.82) is 0 Å². The van der Waals surface area contributed by atoms with Gasteiger partial charge in [-0.05, 0) is 36.8 Å². The zero-order chi connectivity index (χ0) is 17.0. The summed E-state index contributed by atoms with van der Waals surface area (Å²) in [4.78, 5) is 0.0682. The lowest BCUT2D eigenvalue weighted by Gasteiger charge is -2.14. The number of hydrogen-bond acceptors (Lipinski definition) is 5. The molecule has 0 heterocycles. The minimum atomic E-state index is -3.79. The number of nitrogens with one attached hydrogen (secondary N) is 1. The third-order valence-corrected chi connectivity index (χ3v) is 4.63. The van der Waals surface area contributed by atoms with E-state index in [-0.39, 0.29) is 4.90 Å². The molecule has 0 aliphatic rings. The van der Waals surface area contributed by atoms with Gasteiger partial charge in [0.05, 0.1) is 31.9 Å². The molecule has 1 N–H and O–H groups in total. The molecule has 2 rings (SSSR count). The first-order chi connectivity index (χ1) is 10.9. The SMILES string of the molecule is COc1ccc(C)cc1NS(=O)(=O)c1ccc(OC)c(OC)c1. The van der Waals surface area contributed by atoms with E-state index in [1.807, 2.05) is 13.0 Å². The number of sulfonamides is 1. The van der Waals surface area contributed by atoms with Crippen LogP contribution in [-0.4, -0.2) is 29.7 Å². The Morgan fingerprint density at radius 3 is 2.04 bits per heavy atom. The van der Waals surface area contributed by atoms with Crippen molar-refractivity contribution in [2.24, 2.45) is 0 Å². The molecule has 6 nitrogen and oxygen atoms in total. The van der Waals surface area contributed by atoms with Crippen molar-refractivity contribution >= 4 is 15.7 Å². The highest BCUT2D eigenvalue weighted by Crippen LogP contribution is 2.32. The van der Waals surface area contributed by atoms with Gasteiger partial charge in [0, 0.05) is 6.07 Å². The van der Waals surface area contributed by atoms with Gasteiger partial charge in [-0.3, -0.25) is 4.72 Å². The van der Waals surface area contributed by atoms with Gasteiger partial charge in [0.25, 0.3) is 10.0 Å². The van der Waals surface area contributed by atoms with E-state index in [1.165, 1.54) is 33.5 Å². The number of rotatable bonds is 6. The summed E-state index contributed by atoms with van der Waals surface area (Å²) in [5.74, 6) is 1.24. The summed E-state index contributed by atoms with van der Waals surface area (Å²) in [5, 5.41) is 0. The predicted molar refractivity (Wildman–Crippen MR) is 88.1 cm³/mol. The van der Waals surface area contributed by atoms with Crippen LogP contribution in [0.1, 0.15) is 5.56 Å². The molecule has 0 saturated carbocycles. The first-order valence-electron chi connectivity index (χ1n) is 6.80. The van der Waals surface area contributed by atoms with Crippen LogP contribution in [0, 0.1) is 6.92 Å². The molecule has 0 unspecified atom stereocenters. The van der Waals surface area contributed by atoms with E-state index in [2.05, 4.69) is 4.72 Å². The molecule has 0 atom stereocenters. The van der Waals surface area contributed by atoms with Gasteiger partial charge in [-0.2, -0.15) is 0 Å². The normalized spacial score (nSPS) is 11.0. The summed E-state index contributed by atoms with van der Waals surface area (Å²) in [5.41, 5.74) is 1.29. The standard InChI is InChI=1S/C16H19NO5S/c1-11-5-7-14(20-2)13(9-11)17-23(18,19)12-6-8-15(21-3)16(10-12)22-4/h5-10,17H,1-4H3. The molecule has 0 aliphatic heterocycles. The molecular formula is C16H19NO5S. The van der Waals surface area contributed by atoms with E-state index in [9.17, 15) is 8.42 Å². The van der Waals surface area contributed by atoms with Crippen LogP contribution in [0.3, 0.4) is 0 Å². The van der Waals surface area contributed by atoms with E-state index in [0.717, 1.165) is 5.56 Å². The highest BCUT2D eigenvalue weighted by molar-refractivity contribution is 7.92. The fourth-order valence-corrected chi connectivity index (χ4v) is 3.17. The Balaban J connectivity index is 2.41. The molecule has 0 spiro atoms. The lowest BCUT2D eigenvalue weighted by Crippen LogP contribution is -2.14. The Morgan fingerprint density at radius 1 is 0.826 bits per heavy atom. The minimum absolute atomic E-state index is 0.0682. The van der Waals surface area contributed by atoms with E-state index in [4.69, 9.17) is 14.2 Å². The van der Waals surface area contributed by atoms with Gasteiger partial charge < -0.3 is 14.2 Å². The molecule has 2 aromatic carbocycles. The summed E-state index contributed by atoms with van der Waals surface area (Å²) in [7, 11) is 0.637. The number of benzene rings is 2. The number of aryl methyl sites for hydroxylation is 1. The van der Waals surface area contributed by atoms with Crippen LogP contribution in [0.15, 0.2) is 41.3 Å². The lowest BCUT2D eigenvalue weighted by molar-refractivity contribution is 0.354. The molecule has 0 fully saturated rings. The Labute approximate surface area is 136 Å². The summed E-state index contributed by atoms with van der Waals surface area (Å²) in [6.45, 7) is 1.87. The Bertz CT molecular complexity index is 802. The third-order valence-electron chi connectivity index (χ3n) is 3.26. The largest absolute Gasteiger partial charge is 0.495 e. The smallest absolute Gasteiger partial charge is 0.262 e. The molecule has 124 valence electrons. The summed E-state index contributed by atoms with van der Waals surface area (Å²) >= 11 is 0. The quantitative estimate of drug-likeness (QED) is 0.877. The number of methoxy groups -OCH3 is 3. The Hall–Kier alpha value is -2.41. The van der Waals surface area contributed by atoms with Gasteiger partial charge in [0.1, 0.15) is 5.75 Å². The predicted octanol–water partition coefficient (Wildman–Crippen LogP) is 2.82. The second kappa shape index (κ2) is 6.78. The van der Waals surface area contributed by atoms with E-state index in [1.54, 1.807) is 18.2 Å². The molecule has 0 radical (unpaired) electrons. The second-order valence-electron chi connectivity index (χ2n) is 4.83. The van der Waals surface area contributed by atoms with Gasteiger partial charge in [-0.1, -0.05) is 6.07 Å². The summed E-state index contributed by atoms with van der Waals surface area (Å²) in [6, 6.07) is 9.66. The maximum atomic E-state index is 12.6. The lowest BCUT2D eigenvalue weighted by atomic mass is 10.2. The molecule has 0 amide bonds. The molecule has 0 bridgehead atoms. The number of hydrogen-bond donors (Lipinski definition) is 1. The van der Waals surface area contributed by atoms with Gasteiger partial charge in [-0.25, -0.2) is 8.42 Å². The fraction of sp³-hybridized carbons (Fsp3) is 0.250. The molecule has 0 aromatic heterocycles. The Kier molecular flexibility index (Phi) is 5.00. The number of anilines is 1. The van der Waals surface area contributed by atoms with Crippen LogP contribution in [0.5, 0.6) is 17.2 Å². The average molecular weight is 337 g/mol. The van der Waals surface area contributed by atoms with Crippen LogP contribution in [0.2, 0.25) is 0 Å². The first-order valence-corrected chi connectivity index (χ1v) is 8.29. The van der Waals surface area contributed by atoms with E-state index < -0.39 is 10.0 Å². The average Bonchev–Trinajstić information content (AvgIpc) is 2.54. The molecule has 7 heteroatoms. The van der Waals surface area contributed by atoms with Crippen molar-refractivity contribution in [3.8, 4) is 17.2 Å². The van der Waals surface area contributed by atoms with Crippen molar-refractivity contribution in [1.82, 2.24) is 0 Å². The van der Waals surface area contributed by atoms with Gasteiger partial charge >= 0.3 is 0 Å². The van der Waals surface area contributed by atoms with Gasteiger partial charge in [-0.15, -0.1) is 0 Å². The van der Waals surface area contributed by atoms with Crippen molar-refractivity contribution in [2.45, 2.75) is 11.8 Å². The maximum Gasteiger partial charge on any atom is 0.262 e. The van der Waals surface area contributed by atoms with Crippen molar-refractivity contribution < 1.29 is 22.6 Å². The topological polar surface area (TPSA) is 73.9 Å². The van der Waals surface area contributed by atoms with Crippen LogP contribution >= 0.6 is 0 Å². The first kappa shape index (κ1) is 17.0. The molecule has 2 aromatic rings. The van der Waals surface area contributed by atoms with Crippen LogP contribution in [0.4, 0.5) is 5.69 Å². The summed E-state index contributed by atoms with van der Waals surface area (Å²) in [6.07, 6.45) is 0. The maximum absolute atomic E-state index is 12.6. The summed E-state index contributed by atoms with van der Waals surface area (Å²) < 4.78 is 43.2. The zero-order valence-electron chi connectivity index (χ0n) is 13.4. The minimum Gasteiger partial charge on any atom is -0.495 e. The monoisotopic (exact) mass is 337 g/mol. The molecule has 0 aliphatic carbocycles. The van der Waals surface area contributed by atoms with E-state index in [0.29, 0.717) is 22.9 Å². The molecule has 23 heavy (non-hydrogen) atoms. The second-order valence-corrected chi connectivity index (χ2v) is 6.51. The van der Waals surface area contributed by atoms with Crippen LogP contribution < -0.4 is 18.9 Å². The Morgan fingerprint density at radius 2 is 1.43 bits per heavy atom. The highest BCUT2D eigenvalue weighted by Gasteiger charge is 2.19. The third kappa shape index (κ3) is 3.68. The molecule has 0 saturated heterocycles. The fourth-order valence-electron chi connectivity index (χ4n) is 2.09. The van der Waals surface area contributed by atoms with Crippen molar-refractivity contribution in [3.63, 3.8) is 0 Å². The molecular weight excluding hydrogens is 318 g/mol. The van der Waals surface area contributed by atoms with Gasteiger partial charge in [0.15, 0.2) is 11.5 Å². The highest BCUT2D eigenvalue weighted by atomic mass is 32.2. The van der Waals surface area contributed by atoms with Crippen molar-refractivity contribution in [2.75, 3.05) is 26.1 Å². The van der Waals surface area contributed by atoms with Crippen LogP contribution in [-0.2, 0) is 10.0 Å².